The molecule has 6 nitrogen and oxygen atoms in total. The molecule has 0 spiro atoms. The largest absolute Gasteiger partial charge is 0.480 e. The monoisotopic (exact) mass is 210 g/mol. The first-order valence-corrected chi connectivity index (χ1v) is 4.63. The topological polar surface area (TPSA) is 83.6 Å². The van der Waals surface area contributed by atoms with E-state index in [4.69, 9.17) is 5.11 Å². The molecule has 0 unspecified atom stereocenters. The van der Waals surface area contributed by atoms with Gasteiger partial charge in [-0.05, 0) is 12.8 Å². The van der Waals surface area contributed by atoms with Gasteiger partial charge in [0.05, 0.1) is 11.8 Å². The standard InChI is InChI=1S/C9H10N2O4/c12-8(6-4-10-15-5-6)11-3-1-2-7(11)9(13)14/h4-5,7H,1-3H2,(H,13,14)/t7-/m0/s1. The zero-order valence-corrected chi connectivity index (χ0v) is 7.92. The minimum Gasteiger partial charge on any atom is -0.480 e. The Balaban J connectivity index is 2.17. The molecule has 1 amide bonds. The van der Waals surface area contributed by atoms with Crippen molar-refractivity contribution in [3.8, 4) is 0 Å². The summed E-state index contributed by atoms with van der Waals surface area (Å²) in [7, 11) is 0. The lowest BCUT2D eigenvalue weighted by atomic mass is 10.2. The molecule has 80 valence electrons. The van der Waals surface area contributed by atoms with Gasteiger partial charge in [-0.1, -0.05) is 5.16 Å². The van der Waals surface area contributed by atoms with E-state index >= 15 is 0 Å². The highest BCUT2D eigenvalue weighted by atomic mass is 16.5. The van der Waals surface area contributed by atoms with Crippen molar-refractivity contribution in [2.24, 2.45) is 0 Å². The van der Waals surface area contributed by atoms with Crippen molar-refractivity contribution in [2.45, 2.75) is 18.9 Å². The van der Waals surface area contributed by atoms with Gasteiger partial charge in [0.1, 0.15) is 12.3 Å². The molecule has 1 aromatic heterocycles. The van der Waals surface area contributed by atoms with Crippen molar-refractivity contribution < 1.29 is 19.2 Å². The van der Waals surface area contributed by atoms with E-state index < -0.39 is 12.0 Å². The fourth-order valence-electron chi connectivity index (χ4n) is 1.74. The summed E-state index contributed by atoms with van der Waals surface area (Å²) in [4.78, 5) is 24.0. The van der Waals surface area contributed by atoms with Gasteiger partial charge < -0.3 is 14.5 Å². The molecule has 0 aromatic carbocycles. The second-order valence-corrected chi connectivity index (χ2v) is 3.41. The number of aliphatic carboxylic acids is 1. The van der Waals surface area contributed by atoms with Crippen molar-refractivity contribution in [1.29, 1.82) is 0 Å². The van der Waals surface area contributed by atoms with Crippen LogP contribution in [0.2, 0.25) is 0 Å². The zero-order valence-electron chi connectivity index (χ0n) is 7.92. The summed E-state index contributed by atoms with van der Waals surface area (Å²) < 4.78 is 4.55. The highest BCUT2D eigenvalue weighted by Gasteiger charge is 2.34. The maximum Gasteiger partial charge on any atom is 0.326 e. The lowest BCUT2D eigenvalue weighted by Crippen LogP contribution is -2.40. The summed E-state index contributed by atoms with van der Waals surface area (Å²) in [6, 6.07) is -0.715. The van der Waals surface area contributed by atoms with Crippen LogP contribution >= 0.6 is 0 Å². The van der Waals surface area contributed by atoms with Crippen molar-refractivity contribution >= 4 is 11.9 Å². The lowest BCUT2D eigenvalue weighted by Gasteiger charge is -2.20. The molecule has 2 rings (SSSR count). The first kappa shape index (κ1) is 9.70. The quantitative estimate of drug-likeness (QED) is 0.762. The Morgan fingerprint density at radius 3 is 3.00 bits per heavy atom. The summed E-state index contributed by atoms with van der Waals surface area (Å²) in [6.45, 7) is 0.473. The molecule has 0 saturated carbocycles. The molecule has 1 aromatic rings. The van der Waals surface area contributed by atoms with E-state index in [-0.39, 0.29) is 5.91 Å². The molecule has 1 saturated heterocycles. The van der Waals surface area contributed by atoms with Crippen LogP contribution in [0.4, 0.5) is 0 Å². The molecular formula is C9H10N2O4. The summed E-state index contributed by atoms with van der Waals surface area (Å²) in [5, 5.41) is 12.3. The third kappa shape index (κ3) is 1.70. The fourth-order valence-corrected chi connectivity index (χ4v) is 1.74. The number of aromatic nitrogens is 1. The highest BCUT2D eigenvalue weighted by Crippen LogP contribution is 2.19. The molecule has 15 heavy (non-hydrogen) atoms. The van der Waals surface area contributed by atoms with E-state index in [1.54, 1.807) is 0 Å². The van der Waals surface area contributed by atoms with Gasteiger partial charge in [0.15, 0.2) is 0 Å². The molecule has 0 radical (unpaired) electrons. The van der Waals surface area contributed by atoms with E-state index in [2.05, 4.69) is 9.68 Å². The zero-order chi connectivity index (χ0) is 10.8. The Bertz CT molecular complexity index is 373. The molecule has 0 aliphatic carbocycles. The van der Waals surface area contributed by atoms with Crippen LogP contribution in [-0.4, -0.2) is 39.6 Å². The first-order chi connectivity index (χ1) is 7.20. The number of carbonyl (C=O) groups excluding carboxylic acids is 1. The average Bonchev–Trinajstić information content (AvgIpc) is 2.88. The van der Waals surface area contributed by atoms with Gasteiger partial charge >= 0.3 is 5.97 Å². The molecule has 6 heteroatoms. The summed E-state index contributed by atoms with van der Waals surface area (Å²) in [5.74, 6) is -1.29. The molecule has 2 heterocycles. The Morgan fingerprint density at radius 1 is 1.60 bits per heavy atom. The molecule has 1 atom stereocenters. The molecule has 1 fully saturated rings. The van der Waals surface area contributed by atoms with Crippen molar-refractivity contribution in [3.05, 3.63) is 18.0 Å². The first-order valence-electron chi connectivity index (χ1n) is 4.63. The number of carbonyl (C=O) groups is 2. The summed E-state index contributed by atoms with van der Waals surface area (Å²) in [5.41, 5.74) is 0.295. The third-order valence-corrected chi connectivity index (χ3v) is 2.48. The van der Waals surface area contributed by atoms with E-state index in [1.165, 1.54) is 17.4 Å². The minimum absolute atomic E-state index is 0.295. The number of carboxylic acids is 1. The number of rotatable bonds is 2. The van der Waals surface area contributed by atoms with Crippen molar-refractivity contribution in [2.75, 3.05) is 6.54 Å². The fraction of sp³-hybridized carbons (Fsp3) is 0.444. The maximum absolute atomic E-state index is 11.8. The van der Waals surface area contributed by atoms with Crippen LogP contribution in [0.3, 0.4) is 0 Å². The molecule has 1 N–H and O–H groups in total. The Hall–Kier alpha value is -1.85. The van der Waals surface area contributed by atoms with Crippen LogP contribution in [0.15, 0.2) is 17.0 Å². The van der Waals surface area contributed by atoms with Gasteiger partial charge in [-0.2, -0.15) is 0 Å². The van der Waals surface area contributed by atoms with Crippen LogP contribution in [-0.2, 0) is 4.79 Å². The highest BCUT2D eigenvalue weighted by molar-refractivity contribution is 5.96. The van der Waals surface area contributed by atoms with Crippen LogP contribution in [0, 0.1) is 0 Å². The van der Waals surface area contributed by atoms with Gasteiger partial charge in [0.2, 0.25) is 0 Å². The SMILES string of the molecule is O=C(O)[C@@H]1CCCN1C(=O)c1cnoc1. The lowest BCUT2D eigenvalue weighted by molar-refractivity contribution is -0.141. The predicted molar refractivity (Wildman–Crippen MR) is 48.2 cm³/mol. The van der Waals surface area contributed by atoms with Gasteiger partial charge in [-0.25, -0.2) is 4.79 Å². The average molecular weight is 210 g/mol. The smallest absolute Gasteiger partial charge is 0.326 e. The second kappa shape index (κ2) is 3.72. The molecular weight excluding hydrogens is 200 g/mol. The van der Waals surface area contributed by atoms with Gasteiger partial charge in [0.25, 0.3) is 5.91 Å². The number of hydrogen-bond acceptors (Lipinski definition) is 4. The van der Waals surface area contributed by atoms with Crippen molar-refractivity contribution in [3.63, 3.8) is 0 Å². The Labute approximate surface area is 85.5 Å². The number of hydrogen-bond donors (Lipinski definition) is 1. The summed E-state index contributed by atoms with van der Waals surface area (Å²) in [6.07, 6.45) is 3.74. The number of carboxylic acid groups (broad SMARTS) is 1. The van der Waals surface area contributed by atoms with E-state index in [0.29, 0.717) is 24.9 Å². The predicted octanol–water partition coefficient (Wildman–Crippen LogP) is 0.364. The number of likely N-dealkylation sites (tertiary alicyclic amines) is 1. The molecule has 0 bridgehead atoms. The molecule has 1 aliphatic heterocycles. The number of nitrogens with zero attached hydrogens (tertiary/aromatic N) is 2. The van der Waals surface area contributed by atoms with Crippen LogP contribution in [0.1, 0.15) is 23.2 Å². The third-order valence-electron chi connectivity index (χ3n) is 2.48. The minimum atomic E-state index is -0.961. The van der Waals surface area contributed by atoms with E-state index in [1.807, 2.05) is 0 Å². The normalized spacial score (nSPS) is 20.5. The van der Waals surface area contributed by atoms with Crippen LogP contribution in [0.25, 0.3) is 0 Å². The second-order valence-electron chi connectivity index (χ2n) is 3.41. The van der Waals surface area contributed by atoms with E-state index in [9.17, 15) is 9.59 Å². The van der Waals surface area contributed by atoms with Gasteiger partial charge in [0, 0.05) is 6.54 Å². The van der Waals surface area contributed by atoms with Crippen LogP contribution < -0.4 is 0 Å². The molecule has 1 aliphatic rings. The number of amides is 1. The summed E-state index contributed by atoms with van der Waals surface area (Å²) >= 11 is 0. The maximum atomic E-state index is 11.8. The van der Waals surface area contributed by atoms with E-state index in [0.717, 1.165) is 0 Å². The van der Waals surface area contributed by atoms with Crippen molar-refractivity contribution in [1.82, 2.24) is 10.1 Å². The van der Waals surface area contributed by atoms with Gasteiger partial charge in [-0.15, -0.1) is 0 Å². The Kier molecular flexibility index (Phi) is 2.40. The van der Waals surface area contributed by atoms with Gasteiger partial charge in [-0.3, -0.25) is 4.79 Å². The Morgan fingerprint density at radius 2 is 2.40 bits per heavy atom. The van der Waals surface area contributed by atoms with Crippen LogP contribution in [0.5, 0.6) is 0 Å².